The first-order chi connectivity index (χ1) is 10.1. The van der Waals surface area contributed by atoms with E-state index < -0.39 is 0 Å². The van der Waals surface area contributed by atoms with E-state index in [2.05, 4.69) is 26.6 Å². The molecular formula is C15H14BrClN2O2. The molecule has 0 radical (unpaired) electrons. The van der Waals surface area contributed by atoms with Crippen molar-refractivity contribution < 1.29 is 9.53 Å². The lowest BCUT2D eigenvalue weighted by Gasteiger charge is -2.10. The molecule has 0 bridgehead atoms. The summed E-state index contributed by atoms with van der Waals surface area (Å²) in [6, 6.07) is 14.3. The van der Waals surface area contributed by atoms with Gasteiger partial charge in [-0.15, -0.1) is 0 Å². The third-order valence-electron chi connectivity index (χ3n) is 2.56. The first-order valence-electron chi connectivity index (χ1n) is 6.33. The molecule has 0 saturated heterocycles. The highest BCUT2D eigenvalue weighted by atomic mass is 79.9. The number of rotatable bonds is 5. The number of carbonyl (C=O) groups excluding carboxylic acids is 1. The van der Waals surface area contributed by atoms with Gasteiger partial charge in [0.2, 0.25) is 0 Å². The Balaban J connectivity index is 1.71. The van der Waals surface area contributed by atoms with Gasteiger partial charge in [-0.2, -0.15) is 0 Å². The first kappa shape index (κ1) is 15.7. The molecule has 2 N–H and O–H groups in total. The number of para-hydroxylation sites is 1. The van der Waals surface area contributed by atoms with Crippen molar-refractivity contribution in [3.8, 4) is 5.75 Å². The van der Waals surface area contributed by atoms with E-state index in [9.17, 15) is 4.79 Å². The van der Waals surface area contributed by atoms with Crippen LogP contribution in [0.5, 0.6) is 5.75 Å². The van der Waals surface area contributed by atoms with E-state index in [0.29, 0.717) is 29.6 Å². The quantitative estimate of drug-likeness (QED) is 0.772. The number of benzene rings is 2. The minimum absolute atomic E-state index is 0.282. The van der Waals surface area contributed by atoms with Crippen LogP contribution in [0.15, 0.2) is 53.0 Å². The van der Waals surface area contributed by atoms with Gasteiger partial charge in [0.15, 0.2) is 0 Å². The molecule has 110 valence electrons. The molecule has 0 heterocycles. The van der Waals surface area contributed by atoms with E-state index in [1.807, 2.05) is 36.4 Å². The van der Waals surface area contributed by atoms with Crippen LogP contribution in [-0.2, 0) is 0 Å². The lowest BCUT2D eigenvalue weighted by molar-refractivity contribution is 0.247. The number of nitrogens with one attached hydrogen (secondary N) is 2. The van der Waals surface area contributed by atoms with E-state index in [0.717, 1.165) is 4.47 Å². The molecule has 0 aliphatic carbocycles. The van der Waals surface area contributed by atoms with E-state index >= 15 is 0 Å². The van der Waals surface area contributed by atoms with Crippen molar-refractivity contribution in [3.05, 3.63) is 58.0 Å². The van der Waals surface area contributed by atoms with E-state index in [1.54, 1.807) is 12.1 Å². The highest BCUT2D eigenvalue weighted by molar-refractivity contribution is 9.10. The van der Waals surface area contributed by atoms with Gasteiger partial charge < -0.3 is 15.4 Å². The van der Waals surface area contributed by atoms with Gasteiger partial charge in [-0.25, -0.2) is 4.79 Å². The Morgan fingerprint density at radius 1 is 1.19 bits per heavy atom. The van der Waals surface area contributed by atoms with Gasteiger partial charge >= 0.3 is 6.03 Å². The Morgan fingerprint density at radius 3 is 2.76 bits per heavy atom. The van der Waals surface area contributed by atoms with Crippen LogP contribution in [0.4, 0.5) is 10.5 Å². The molecular weight excluding hydrogens is 356 g/mol. The van der Waals surface area contributed by atoms with Crippen molar-refractivity contribution in [2.24, 2.45) is 0 Å². The van der Waals surface area contributed by atoms with Crippen molar-refractivity contribution in [1.29, 1.82) is 0 Å². The van der Waals surface area contributed by atoms with Gasteiger partial charge in [0, 0.05) is 10.2 Å². The lowest BCUT2D eigenvalue weighted by Crippen LogP contribution is -2.32. The average Bonchev–Trinajstić information content (AvgIpc) is 2.45. The fourth-order valence-corrected chi connectivity index (χ4v) is 2.22. The lowest BCUT2D eigenvalue weighted by atomic mass is 10.3. The summed E-state index contributed by atoms with van der Waals surface area (Å²) < 4.78 is 6.38. The predicted octanol–water partition coefficient (Wildman–Crippen LogP) is 4.30. The minimum Gasteiger partial charge on any atom is -0.490 e. The molecule has 2 aromatic rings. The maximum absolute atomic E-state index is 11.7. The molecule has 0 fully saturated rings. The van der Waals surface area contributed by atoms with Gasteiger partial charge in [-0.3, -0.25) is 0 Å². The highest BCUT2D eigenvalue weighted by Gasteiger charge is 2.02. The van der Waals surface area contributed by atoms with Crippen LogP contribution in [0.1, 0.15) is 0 Å². The summed E-state index contributed by atoms with van der Waals surface area (Å²) in [5.74, 6) is 0.605. The zero-order chi connectivity index (χ0) is 15.1. The topological polar surface area (TPSA) is 50.4 Å². The van der Waals surface area contributed by atoms with Crippen LogP contribution >= 0.6 is 27.5 Å². The molecule has 0 unspecified atom stereocenters. The molecule has 0 aliphatic heterocycles. The zero-order valence-corrected chi connectivity index (χ0v) is 13.4. The average molecular weight is 370 g/mol. The molecule has 2 amide bonds. The number of urea groups is 1. The summed E-state index contributed by atoms with van der Waals surface area (Å²) in [5, 5.41) is 5.99. The van der Waals surface area contributed by atoms with Crippen molar-refractivity contribution >= 4 is 39.2 Å². The molecule has 2 aromatic carbocycles. The molecule has 6 heteroatoms. The van der Waals surface area contributed by atoms with Crippen LogP contribution in [0, 0.1) is 0 Å². The van der Waals surface area contributed by atoms with Gasteiger partial charge in [0.1, 0.15) is 12.4 Å². The summed E-state index contributed by atoms with van der Waals surface area (Å²) >= 11 is 9.30. The van der Waals surface area contributed by atoms with Crippen LogP contribution < -0.4 is 15.4 Å². The normalized spacial score (nSPS) is 10.0. The second kappa shape index (κ2) is 7.90. The van der Waals surface area contributed by atoms with Gasteiger partial charge in [0.25, 0.3) is 0 Å². The van der Waals surface area contributed by atoms with Gasteiger partial charge in [-0.05, 0) is 30.3 Å². The largest absolute Gasteiger partial charge is 0.490 e. The molecule has 2 rings (SSSR count). The smallest absolute Gasteiger partial charge is 0.319 e. The Morgan fingerprint density at radius 2 is 2.00 bits per heavy atom. The third kappa shape index (κ3) is 5.28. The Kier molecular flexibility index (Phi) is 5.90. The second-order valence-electron chi connectivity index (χ2n) is 4.17. The van der Waals surface area contributed by atoms with E-state index in [1.165, 1.54) is 0 Å². The molecule has 0 saturated carbocycles. The monoisotopic (exact) mass is 368 g/mol. The van der Waals surface area contributed by atoms with Crippen LogP contribution in [0.25, 0.3) is 0 Å². The summed E-state index contributed by atoms with van der Waals surface area (Å²) in [7, 11) is 0. The SMILES string of the molecule is O=C(NCCOc1ccccc1Cl)Nc1cccc(Br)c1. The fourth-order valence-electron chi connectivity index (χ4n) is 1.63. The number of halogens is 2. The second-order valence-corrected chi connectivity index (χ2v) is 5.49. The van der Waals surface area contributed by atoms with E-state index in [-0.39, 0.29) is 6.03 Å². The summed E-state index contributed by atoms with van der Waals surface area (Å²) in [6.45, 7) is 0.723. The Labute approximate surface area is 136 Å². The minimum atomic E-state index is -0.282. The van der Waals surface area contributed by atoms with Crippen LogP contribution in [-0.4, -0.2) is 19.2 Å². The number of hydrogen-bond donors (Lipinski definition) is 2. The molecule has 0 aliphatic rings. The van der Waals surface area contributed by atoms with Gasteiger partial charge in [-0.1, -0.05) is 45.7 Å². The first-order valence-corrected chi connectivity index (χ1v) is 7.50. The zero-order valence-electron chi connectivity index (χ0n) is 11.1. The molecule has 4 nitrogen and oxygen atoms in total. The van der Waals surface area contributed by atoms with Crippen molar-refractivity contribution in [1.82, 2.24) is 5.32 Å². The van der Waals surface area contributed by atoms with Crippen LogP contribution in [0.3, 0.4) is 0 Å². The molecule has 0 atom stereocenters. The fraction of sp³-hybridized carbons (Fsp3) is 0.133. The van der Waals surface area contributed by atoms with Crippen LogP contribution in [0.2, 0.25) is 5.02 Å². The maximum atomic E-state index is 11.7. The predicted molar refractivity (Wildman–Crippen MR) is 88.1 cm³/mol. The maximum Gasteiger partial charge on any atom is 0.319 e. The summed E-state index contributed by atoms with van der Waals surface area (Å²) in [4.78, 5) is 11.7. The Hall–Kier alpha value is -1.72. The molecule has 21 heavy (non-hydrogen) atoms. The molecule has 0 spiro atoms. The van der Waals surface area contributed by atoms with Crippen molar-refractivity contribution in [2.75, 3.05) is 18.5 Å². The van der Waals surface area contributed by atoms with Gasteiger partial charge in [0.05, 0.1) is 11.6 Å². The van der Waals surface area contributed by atoms with Crippen molar-refractivity contribution in [2.45, 2.75) is 0 Å². The number of anilines is 1. The van der Waals surface area contributed by atoms with Crippen molar-refractivity contribution in [3.63, 3.8) is 0 Å². The number of hydrogen-bond acceptors (Lipinski definition) is 2. The standard InChI is InChI=1S/C15H14BrClN2O2/c16-11-4-3-5-12(10-11)19-15(20)18-8-9-21-14-7-2-1-6-13(14)17/h1-7,10H,8-9H2,(H2,18,19,20). The number of carbonyl (C=O) groups is 1. The number of amides is 2. The van der Waals surface area contributed by atoms with E-state index in [4.69, 9.17) is 16.3 Å². The third-order valence-corrected chi connectivity index (χ3v) is 3.37. The number of ether oxygens (including phenoxy) is 1. The summed E-state index contributed by atoms with van der Waals surface area (Å²) in [5.41, 5.74) is 0.717. The summed E-state index contributed by atoms with van der Waals surface area (Å²) in [6.07, 6.45) is 0. The molecule has 0 aromatic heterocycles. The Bertz CT molecular complexity index is 622. The highest BCUT2D eigenvalue weighted by Crippen LogP contribution is 2.22.